The van der Waals surface area contributed by atoms with Gasteiger partial charge in [-0.25, -0.2) is 5.43 Å². The van der Waals surface area contributed by atoms with Crippen molar-refractivity contribution in [2.24, 2.45) is 5.10 Å². The molecule has 2 rings (SSSR count). The first kappa shape index (κ1) is 17.5. The first-order chi connectivity index (χ1) is 11.3. The number of furan rings is 1. The van der Waals surface area contributed by atoms with Crippen molar-refractivity contribution in [2.75, 3.05) is 5.32 Å². The topological polar surface area (TPSA) is 83.7 Å². The van der Waals surface area contributed by atoms with Crippen LogP contribution in [0.2, 0.25) is 0 Å². The summed E-state index contributed by atoms with van der Waals surface area (Å²) >= 11 is 0. The van der Waals surface area contributed by atoms with E-state index in [0.717, 1.165) is 16.8 Å². The summed E-state index contributed by atoms with van der Waals surface area (Å²) in [5.74, 6) is -0.0294. The van der Waals surface area contributed by atoms with E-state index in [4.69, 9.17) is 4.42 Å². The summed E-state index contributed by atoms with van der Waals surface area (Å²) in [5, 5.41) is 6.78. The van der Waals surface area contributed by atoms with E-state index in [-0.39, 0.29) is 18.2 Å². The smallest absolute Gasteiger partial charge is 0.274 e. The normalized spacial score (nSPS) is 11.2. The molecule has 0 atom stereocenters. The summed E-state index contributed by atoms with van der Waals surface area (Å²) < 4.78 is 5.07. The third-order valence-corrected chi connectivity index (χ3v) is 3.37. The maximum atomic E-state index is 12.1. The van der Waals surface area contributed by atoms with Crippen LogP contribution in [0.4, 0.5) is 5.69 Å². The van der Waals surface area contributed by atoms with Crippen molar-refractivity contribution in [1.29, 1.82) is 0 Å². The second kappa shape index (κ2) is 7.59. The van der Waals surface area contributed by atoms with Gasteiger partial charge in [-0.1, -0.05) is 6.07 Å². The number of benzene rings is 1. The average Bonchev–Trinajstić information content (AvgIpc) is 2.89. The van der Waals surface area contributed by atoms with Crippen LogP contribution in [-0.4, -0.2) is 17.5 Å². The molecular formula is C18H21N3O3. The van der Waals surface area contributed by atoms with Crippen LogP contribution in [0.1, 0.15) is 40.6 Å². The minimum Gasteiger partial charge on any atom is -0.469 e. The molecule has 0 aliphatic heterocycles. The Hall–Kier alpha value is -2.89. The number of nitrogens with one attached hydrogen (secondary N) is 2. The zero-order valence-corrected chi connectivity index (χ0v) is 14.3. The molecule has 1 aromatic carbocycles. The summed E-state index contributed by atoms with van der Waals surface area (Å²) in [6.45, 7) is 7.33. The van der Waals surface area contributed by atoms with Crippen molar-refractivity contribution in [3.8, 4) is 0 Å². The minimum atomic E-state index is -0.365. The molecule has 2 aromatic rings. The molecule has 0 saturated carbocycles. The van der Waals surface area contributed by atoms with Gasteiger partial charge in [0.15, 0.2) is 0 Å². The van der Waals surface area contributed by atoms with Gasteiger partial charge in [-0.05, 0) is 57.0 Å². The highest BCUT2D eigenvalue weighted by Gasteiger charge is 2.11. The minimum absolute atomic E-state index is 0.0949. The van der Waals surface area contributed by atoms with Gasteiger partial charge in [0.2, 0.25) is 5.91 Å². The molecule has 0 fully saturated rings. The van der Waals surface area contributed by atoms with Crippen molar-refractivity contribution >= 4 is 23.2 Å². The number of nitrogens with zero attached hydrogens (tertiary/aromatic N) is 1. The Morgan fingerprint density at radius 1 is 1.12 bits per heavy atom. The summed E-state index contributed by atoms with van der Waals surface area (Å²) in [4.78, 5) is 24.0. The first-order valence-electron chi connectivity index (χ1n) is 7.61. The molecule has 6 nitrogen and oxygen atoms in total. The van der Waals surface area contributed by atoms with E-state index >= 15 is 0 Å². The molecule has 0 spiro atoms. The monoisotopic (exact) mass is 327 g/mol. The van der Waals surface area contributed by atoms with Crippen LogP contribution in [0, 0.1) is 20.8 Å². The van der Waals surface area contributed by atoms with Crippen LogP contribution in [0.15, 0.2) is 40.0 Å². The molecule has 0 radical (unpaired) electrons. The van der Waals surface area contributed by atoms with E-state index in [1.807, 2.05) is 32.0 Å². The lowest BCUT2D eigenvalue weighted by atomic mass is 10.1. The lowest BCUT2D eigenvalue weighted by Gasteiger charge is -2.07. The van der Waals surface area contributed by atoms with Crippen molar-refractivity contribution < 1.29 is 14.0 Å². The summed E-state index contributed by atoms with van der Waals surface area (Å²) in [7, 11) is 0. The number of amides is 2. The zero-order chi connectivity index (χ0) is 17.7. The molecule has 0 aliphatic rings. The molecule has 2 N–H and O–H groups in total. The predicted octanol–water partition coefficient (Wildman–Crippen LogP) is 3.34. The Kier molecular flexibility index (Phi) is 5.52. The third kappa shape index (κ3) is 4.81. The van der Waals surface area contributed by atoms with E-state index in [9.17, 15) is 9.59 Å². The Labute approximate surface area is 140 Å². The number of carbonyl (C=O) groups excluding carboxylic acids is 2. The largest absolute Gasteiger partial charge is 0.469 e. The van der Waals surface area contributed by atoms with Gasteiger partial charge in [0.1, 0.15) is 5.76 Å². The number of rotatable bonds is 5. The number of anilines is 1. The molecule has 1 aromatic heterocycles. The lowest BCUT2D eigenvalue weighted by Crippen LogP contribution is -2.21. The predicted molar refractivity (Wildman–Crippen MR) is 93.2 cm³/mol. The molecule has 6 heteroatoms. The maximum Gasteiger partial charge on any atom is 0.274 e. The van der Waals surface area contributed by atoms with Crippen LogP contribution in [0.3, 0.4) is 0 Å². The Morgan fingerprint density at radius 2 is 1.79 bits per heavy atom. The SMILES string of the molecule is C/C(CC(=O)Nc1cc(C)cc(C)c1)=N\NC(=O)c1ccoc1C. The van der Waals surface area contributed by atoms with Crippen molar-refractivity contribution in [1.82, 2.24) is 5.43 Å². The van der Waals surface area contributed by atoms with E-state index in [1.54, 1.807) is 19.9 Å². The van der Waals surface area contributed by atoms with E-state index in [0.29, 0.717) is 17.0 Å². The van der Waals surface area contributed by atoms with Gasteiger partial charge >= 0.3 is 0 Å². The highest BCUT2D eigenvalue weighted by Crippen LogP contribution is 2.14. The number of hydrazone groups is 1. The Morgan fingerprint density at radius 3 is 2.38 bits per heavy atom. The molecule has 126 valence electrons. The molecule has 1 heterocycles. The highest BCUT2D eigenvalue weighted by molar-refractivity contribution is 6.06. The Bertz CT molecular complexity index is 770. The molecular weight excluding hydrogens is 306 g/mol. The van der Waals surface area contributed by atoms with Gasteiger partial charge in [-0.2, -0.15) is 5.10 Å². The molecule has 2 amide bonds. The number of carbonyl (C=O) groups is 2. The van der Waals surface area contributed by atoms with Gasteiger partial charge in [-0.15, -0.1) is 0 Å². The Balaban J connectivity index is 1.91. The van der Waals surface area contributed by atoms with Crippen molar-refractivity contribution in [3.63, 3.8) is 0 Å². The van der Waals surface area contributed by atoms with Gasteiger partial charge in [0.05, 0.1) is 18.2 Å². The van der Waals surface area contributed by atoms with Crippen LogP contribution in [0.5, 0.6) is 0 Å². The van der Waals surface area contributed by atoms with Crippen LogP contribution >= 0.6 is 0 Å². The molecule has 0 unspecified atom stereocenters. The number of hydrogen-bond acceptors (Lipinski definition) is 4. The van der Waals surface area contributed by atoms with Crippen LogP contribution in [-0.2, 0) is 4.79 Å². The van der Waals surface area contributed by atoms with Gasteiger partial charge in [-0.3, -0.25) is 9.59 Å². The first-order valence-corrected chi connectivity index (χ1v) is 7.61. The number of hydrogen-bond donors (Lipinski definition) is 2. The van der Waals surface area contributed by atoms with Crippen LogP contribution < -0.4 is 10.7 Å². The van der Waals surface area contributed by atoms with Gasteiger partial charge < -0.3 is 9.73 Å². The summed E-state index contributed by atoms with van der Waals surface area (Å²) in [6, 6.07) is 7.42. The fourth-order valence-corrected chi connectivity index (χ4v) is 2.35. The molecule has 0 saturated heterocycles. The maximum absolute atomic E-state index is 12.1. The standard InChI is InChI=1S/C18H21N3O3/c1-11-7-12(2)9-15(8-11)19-17(22)10-13(3)20-21-18(23)16-5-6-24-14(16)4/h5-9H,10H2,1-4H3,(H,19,22)(H,21,23)/b20-13+. The summed E-state index contributed by atoms with van der Waals surface area (Å²) in [6.07, 6.45) is 1.54. The third-order valence-electron chi connectivity index (χ3n) is 3.37. The van der Waals surface area contributed by atoms with Gasteiger partial charge in [0, 0.05) is 11.4 Å². The van der Waals surface area contributed by atoms with Crippen molar-refractivity contribution in [3.05, 3.63) is 53.0 Å². The fraction of sp³-hybridized carbons (Fsp3) is 0.278. The molecule has 0 aliphatic carbocycles. The fourth-order valence-electron chi connectivity index (χ4n) is 2.35. The zero-order valence-electron chi connectivity index (χ0n) is 14.3. The van der Waals surface area contributed by atoms with Gasteiger partial charge in [0.25, 0.3) is 5.91 Å². The average molecular weight is 327 g/mol. The second-order valence-corrected chi connectivity index (χ2v) is 5.78. The molecule has 0 bridgehead atoms. The van der Waals surface area contributed by atoms with E-state index < -0.39 is 0 Å². The quantitative estimate of drug-likeness (QED) is 0.652. The number of aryl methyl sites for hydroxylation is 3. The van der Waals surface area contributed by atoms with Crippen LogP contribution in [0.25, 0.3) is 0 Å². The lowest BCUT2D eigenvalue weighted by molar-refractivity contribution is -0.115. The summed E-state index contributed by atoms with van der Waals surface area (Å²) in [5.41, 5.74) is 6.27. The van der Waals surface area contributed by atoms with E-state index in [2.05, 4.69) is 15.8 Å². The second-order valence-electron chi connectivity index (χ2n) is 5.78. The van der Waals surface area contributed by atoms with E-state index in [1.165, 1.54) is 6.26 Å². The van der Waals surface area contributed by atoms with Crippen molar-refractivity contribution in [2.45, 2.75) is 34.1 Å². The highest BCUT2D eigenvalue weighted by atomic mass is 16.3. The molecule has 24 heavy (non-hydrogen) atoms.